The van der Waals surface area contributed by atoms with Gasteiger partial charge in [0.15, 0.2) is 0 Å². The van der Waals surface area contributed by atoms with Gasteiger partial charge in [-0.05, 0) is 70.8 Å². The summed E-state index contributed by atoms with van der Waals surface area (Å²) in [5.74, 6) is -2.84. The summed E-state index contributed by atoms with van der Waals surface area (Å²) in [5, 5.41) is 23.3. The van der Waals surface area contributed by atoms with Crippen LogP contribution in [0.25, 0.3) is 0 Å². The molecule has 0 bridgehead atoms. The molecule has 2 N–H and O–H groups in total. The number of aliphatic hydroxyl groups is 2. The Hall–Kier alpha value is -5.60. The van der Waals surface area contributed by atoms with Crippen molar-refractivity contribution in [3.05, 3.63) is 143 Å². The molecule has 4 aromatic rings. The Morgan fingerprint density at radius 1 is 0.462 bits per heavy atom. The first-order valence-corrected chi connectivity index (χ1v) is 16.1. The summed E-state index contributed by atoms with van der Waals surface area (Å²) < 4.78 is 53.5. The summed E-state index contributed by atoms with van der Waals surface area (Å²) in [7, 11) is 5.69. The summed E-state index contributed by atoms with van der Waals surface area (Å²) in [5.41, 5.74) is -2.44. The SMILES string of the molecule is CN1C(=O)C[C@@H](C(O)(c2ccc(F)cc2)c2ccc(F)cc2)N(C)C1=O.CN1C(=O)C[C@H](C(O)(c2ccc(F)cc2)c2ccc(F)cc2)N(C)C1=O. The summed E-state index contributed by atoms with van der Waals surface area (Å²) in [4.78, 5) is 53.7. The van der Waals surface area contributed by atoms with Crippen LogP contribution in [0.4, 0.5) is 27.2 Å². The van der Waals surface area contributed by atoms with Crippen molar-refractivity contribution in [3.8, 4) is 0 Å². The normalized spacial score (nSPS) is 18.4. The molecule has 272 valence electrons. The second-order valence-corrected chi connectivity index (χ2v) is 12.7. The quantitative estimate of drug-likeness (QED) is 0.272. The number of hydrogen-bond acceptors (Lipinski definition) is 6. The zero-order chi connectivity index (χ0) is 38.1. The number of benzene rings is 4. The monoisotopic (exact) mass is 720 g/mol. The van der Waals surface area contributed by atoms with E-state index < -0.39 is 70.4 Å². The van der Waals surface area contributed by atoms with Gasteiger partial charge in [-0.2, -0.15) is 0 Å². The number of carbonyl (C=O) groups excluding carboxylic acids is 4. The molecule has 52 heavy (non-hydrogen) atoms. The van der Waals surface area contributed by atoms with E-state index in [-0.39, 0.29) is 12.8 Å². The third kappa shape index (κ3) is 6.86. The Bertz CT molecular complexity index is 1730. The van der Waals surface area contributed by atoms with Crippen molar-refractivity contribution in [1.82, 2.24) is 19.6 Å². The molecule has 2 atom stereocenters. The summed E-state index contributed by atoms with van der Waals surface area (Å²) in [6.07, 6.45) is -0.270. The fourth-order valence-electron chi connectivity index (χ4n) is 6.61. The van der Waals surface area contributed by atoms with E-state index in [9.17, 15) is 47.0 Å². The highest BCUT2D eigenvalue weighted by atomic mass is 19.1. The van der Waals surface area contributed by atoms with Crippen molar-refractivity contribution in [3.63, 3.8) is 0 Å². The second-order valence-electron chi connectivity index (χ2n) is 12.7. The fourth-order valence-corrected chi connectivity index (χ4v) is 6.61. The Morgan fingerprint density at radius 3 is 0.885 bits per heavy atom. The van der Waals surface area contributed by atoms with Gasteiger partial charge in [0.1, 0.15) is 34.5 Å². The van der Waals surface area contributed by atoms with Crippen LogP contribution in [0, 0.1) is 23.3 Å². The highest BCUT2D eigenvalue weighted by Crippen LogP contribution is 2.40. The molecule has 2 aliphatic rings. The van der Waals surface area contributed by atoms with E-state index in [0.717, 1.165) is 9.80 Å². The minimum atomic E-state index is -1.82. The minimum absolute atomic E-state index is 0.135. The van der Waals surface area contributed by atoms with Crippen molar-refractivity contribution in [1.29, 1.82) is 0 Å². The van der Waals surface area contributed by atoms with E-state index >= 15 is 0 Å². The average molecular weight is 721 g/mol. The molecular weight excluding hydrogens is 684 g/mol. The topological polar surface area (TPSA) is 122 Å². The maximum atomic E-state index is 13.4. The molecule has 4 aromatic carbocycles. The van der Waals surface area contributed by atoms with Gasteiger partial charge >= 0.3 is 12.1 Å². The zero-order valence-corrected chi connectivity index (χ0v) is 28.6. The predicted octanol–water partition coefficient (Wildman–Crippen LogP) is 4.97. The van der Waals surface area contributed by atoms with E-state index in [4.69, 9.17) is 0 Å². The maximum Gasteiger partial charge on any atom is 0.326 e. The highest BCUT2D eigenvalue weighted by molar-refractivity contribution is 5.98. The van der Waals surface area contributed by atoms with Gasteiger partial charge in [0.2, 0.25) is 11.8 Å². The van der Waals surface area contributed by atoms with Gasteiger partial charge < -0.3 is 20.0 Å². The Morgan fingerprint density at radius 2 is 0.673 bits per heavy atom. The van der Waals surface area contributed by atoms with Gasteiger partial charge in [-0.1, -0.05) is 48.5 Å². The number of hydrogen-bond donors (Lipinski definition) is 2. The lowest BCUT2D eigenvalue weighted by Crippen LogP contribution is -2.61. The van der Waals surface area contributed by atoms with Gasteiger partial charge in [-0.25, -0.2) is 27.2 Å². The molecule has 0 aliphatic carbocycles. The molecular formula is C38H36F4N4O6. The standard InChI is InChI=1S/2C19H18F2N2O3/c2*1-22-16(11-17(24)23(2)18(22)25)19(26,12-3-7-14(20)8-4-12)13-5-9-15(21)10-6-13/h2*3-10,16,26H,11H2,1-2H3/t2*16-/m10/s1. The van der Waals surface area contributed by atoms with Gasteiger partial charge in [0.25, 0.3) is 0 Å². The van der Waals surface area contributed by atoms with E-state index in [1.165, 1.54) is 135 Å². The molecule has 2 fully saturated rings. The number of imide groups is 2. The summed E-state index contributed by atoms with van der Waals surface area (Å²) >= 11 is 0. The Labute approximate surface area is 297 Å². The average Bonchev–Trinajstić information content (AvgIpc) is 3.13. The van der Waals surface area contributed by atoms with Crippen LogP contribution >= 0.6 is 0 Å². The van der Waals surface area contributed by atoms with Crippen LogP contribution in [0.3, 0.4) is 0 Å². The molecule has 6 amide bonds. The molecule has 0 saturated carbocycles. The van der Waals surface area contributed by atoms with Crippen molar-refractivity contribution < 1.29 is 47.0 Å². The van der Waals surface area contributed by atoms with Crippen LogP contribution in [-0.2, 0) is 20.8 Å². The molecule has 0 unspecified atom stereocenters. The molecule has 2 heterocycles. The third-order valence-electron chi connectivity index (χ3n) is 9.70. The van der Waals surface area contributed by atoms with E-state index in [0.29, 0.717) is 22.3 Å². The van der Waals surface area contributed by atoms with Gasteiger partial charge in [0.05, 0.1) is 24.9 Å². The number of amides is 6. The van der Waals surface area contributed by atoms with Gasteiger partial charge in [-0.3, -0.25) is 19.4 Å². The lowest BCUT2D eigenvalue weighted by atomic mass is 9.77. The van der Waals surface area contributed by atoms with Crippen LogP contribution in [-0.4, -0.2) is 94.0 Å². The molecule has 14 heteroatoms. The van der Waals surface area contributed by atoms with Crippen molar-refractivity contribution in [2.24, 2.45) is 0 Å². The van der Waals surface area contributed by atoms with Crippen LogP contribution in [0.15, 0.2) is 97.1 Å². The largest absolute Gasteiger partial charge is 0.378 e. The maximum absolute atomic E-state index is 13.4. The minimum Gasteiger partial charge on any atom is -0.378 e. The highest BCUT2D eigenvalue weighted by Gasteiger charge is 2.50. The molecule has 0 aromatic heterocycles. The van der Waals surface area contributed by atoms with E-state index in [2.05, 4.69) is 0 Å². The number of halogens is 4. The third-order valence-corrected chi connectivity index (χ3v) is 9.70. The zero-order valence-electron chi connectivity index (χ0n) is 28.6. The second kappa shape index (κ2) is 14.6. The number of carbonyl (C=O) groups is 4. The van der Waals surface area contributed by atoms with Gasteiger partial charge in [0, 0.05) is 28.2 Å². The first-order valence-electron chi connectivity index (χ1n) is 16.1. The van der Waals surface area contributed by atoms with Crippen LogP contribution in [0.5, 0.6) is 0 Å². The summed E-state index contributed by atoms with van der Waals surface area (Å²) in [6.45, 7) is 0. The number of likely N-dealkylation sites (N-methyl/N-ethyl adjacent to an activating group) is 2. The van der Waals surface area contributed by atoms with Crippen LogP contribution < -0.4 is 0 Å². The molecule has 6 rings (SSSR count). The lowest BCUT2D eigenvalue weighted by molar-refractivity contribution is -0.136. The Balaban J connectivity index is 0.000000201. The first kappa shape index (κ1) is 37.7. The number of nitrogens with zero attached hydrogens (tertiary/aromatic N) is 4. The predicted molar refractivity (Wildman–Crippen MR) is 180 cm³/mol. The van der Waals surface area contributed by atoms with E-state index in [1.54, 1.807) is 0 Å². The van der Waals surface area contributed by atoms with Crippen molar-refractivity contribution in [2.45, 2.75) is 36.1 Å². The van der Waals surface area contributed by atoms with E-state index in [1.807, 2.05) is 0 Å². The molecule has 0 spiro atoms. The number of urea groups is 2. The van der Waals surface area contributed by atoms with Crippen molar-refractivity contribution >= 4 is 23.9 Å². The first-order chi connectivity index (χ1) is 24.5. The van der Waals surface area contributed by atoms with Crippen LogP contribution in [0.2, 0.25) is 0 Å². The fraction of sp³-hybridized carbons (Fsp3) is 0.263. The summed E-state index contributed by atoms with van der Waals surface area (Å²) in [6, 6.07) is 17.6. The number of rotatable bonds is 6. The lowest BCUT2D eigenvalue weighted by Gasteiger charge is -2.45. The van der Waals surface area contributed by atoms with Crippen molar-refractivity contribution in [2.75, 3.05) is 28.2 Å². The van der Waals surface area contributed by atoms with Crippen LogP contribution in [0.1, 0.15) is 35.1 Å². The molecule has 10 nitrogen and oxygen atoms in total. The smallest absolute Gasteiger partial charge is 0.326 e. The van der Waals surface area contributed by atoms with Gasteiger partial charge in [-0.15, -0.1) is 0 Å². The molecule has 0 radical (unpaired) electrons. The molecule has 2 saturated heterocycles. The molecule has 2 aliphatic heterocycles. The Kier molecular flexibility index (Phi) is 10.5.